The summed E-state index contributed by atoms with van der Waals surface area (Å²) in [5.74, 6) is 0. The summed E-state index contributed by atoms with van der Waals surface area (Å²) in [5, 5.41) is 7.85. The summed E-state index contributed by atoms with van der Waals surface area (Å²) in [6.45, 7) is 0. The van der Waals surface area contributed by atoms with Gasteiger partial charge >= 0.3 is 5.69 Å². The molecule has 50 heavy (non-hydrogen) atoms. The lowest BCUT2D eigenvalue weighted by Crippen LogP contribution is -2.24. The molecule has 0 bridgehead atoms. The highest BCUT2D eigenvalue weighted by molar-refractivity contribution is 6.18. The van der Waals surface area contributed by atoms with Crippen LogP contribution in [0, 0.1) is 0 Å². The topological polar surface area (TPSA) is 77.6 Å². The fourth-order valence-electron chi connectivity index (χ4n) is 7.36. The van der Waals surface area contributed by atoms with Gasteiger partial charge in [-0.25, -0.2) is 4.79 Å². The van der Waals surface area contributed by atoms with Crippen molar-refractivity contribution in [1.82, 2.24) is 14.5 Å². The van der Waals surface area contributed by atoms with E-state index in [0.29, 0.717) is 0 Å². The minimum absolute atomic E-state index is 0.0364. The standard InChI is InChI=1S/C43H30N4O3/c1-46-36-17-15-27(21-37(36)47(2)43(46)48)26-11-8-12-28(19-26)34-24-35(45-42(44-34)25-9-4-3-5-10-25)29-16-18-39-31(20-29)33-23-40-32(22-41(33)50-39)30-13-6-7-14-38(30)49-40/h3-24,42,44H,1-2H3. The Hall–Kier alpha value is -6.60. The summed E-state index contributed by atoms with van der Waals surface area (Å²) in [7, 11) is 3.62. The zero-order chi connectivity index (χ0) is 33.5. The van der Waals surface area contributed by atoms with Crippen molar-refractivity contribution in [2.24, 2.45) is 19.1 Å². The predicted octanol–water partition coefficient (Wildman–Crippen LogP) is 9.47. The molecule has 7 nitrogen and oxygen atoms in total. The van der Waals surface area contributed by atoms with Gasteiger partial charge in [0.05, 0.1) is 16.7 Å². The number of benzene rings is 6. The highest BCUT2D eigenvalue weighted by Crippen LogP contribution is 2.38. The van der Waals surface area contributed by atoms with E-state index in [1.165, 1.54) is 0 Å². The maximum Gasteiger partial charge on any atom is 0.328 e. The highest BCUT2D eigenvalue weighted by atomic mass is 16.3. The number of rotatable bonds is 4. The molecule has 6 aromatic carbocycles. The molecule has 1 N–H and O–H groups in total. The Morgan fingerprint density at radius 2 is 1.22 bits per heavy atom. The molecule has 0 radical (unpaired) electrons. The van der Waals surface area contributed by atoms with Gasteiger partial charge in [0, 0.05) is 46.9 Å². The maximum atomic E-state index is 12.6. The molecule has 0 spiro atoms. The molecule has 7 heteroatoms. The summed E-state index contributed by atoms with van der Waals surface area (Å²) in [6.07, 6.45) is 1.85. The fourth-order valence-corrected chi connectivity index (χ4v) is 7.36. The van der Waals surface area contributed by atoms with Crippen LogP contribution in [0.1, 0.15) is 22.9 Å². The molecule has 0 saturated heterocycles. The molecule has 1 aliphatic rings. The van der Waals surface area contributed by atoms with E-state index in [2.05, 4.69) is 90.3 Å². The first-order valence-electron chi connectivity index (χ1n) is 16.6. The van der Waals surface area contributed by atoms with Crippen LogP contribution in [0.5, 0.6) is 0 Å². The van der Waals surface area contributed by atoms with Crippen LogP contribution in [0.3, 0.4) is 0 Å². The molecule has 240 valence electrons. The molecule has 1 unspecified atom stereocenters. The van der Waals surface area contributed by atoms with Crippen molar-refractivity contribution in [3.8, 4) is 11.1 Å². The number of aryl methyl sites for hydroxylation is 2. The van der Waals surface area contributed by atoms with E-state index in [1.54, 1.807) is 16.2 Å². The van der Waals surface area contributed by atoms with Crippen molar-refractivity contribution in [3.05, 3.63) is 161 Å². The van der Waals surface area contributed by atoms with Crippen molar-refractivity contribution in [3.63, 3.8) is 0 Å². The Labute approximate surface area is 286 Å². The molecule has 0 aliphatic carbocycles. The second kappa shape index (κ2) is 10.7. The van der Waals surface area contributed by atoms with Crippen LogP contribution in [0.15, 0.2) is 152 Å². The van der Waals surface area contributed by atoms with Crippen molar-refractivity contribution in [1.29, 1.82) is 0 Å². The van der Waals surface area contributed by atoms with Gasteiger partial charge in [0.1, 0.15) is 28.5 Å². The van der Waals surface area contributed by atoms with Gasteiger partial charge in [0.15, 0.2) is 0 Å². The number of nitrogens with zero attached hydrogens (tertiary/aromatic N) is 3. The Balaban J connectivity index is 1.09. The Morgan fingerprint density at radius 3 is 2.06 bits per heavy atom. The van der Waals surface area contributed by atoms with Crippen LogP contribution in [0.25, 0.3) is 71.7 Å². The molecular weight excluding hydrogens is 620 g/mol. The molecule has 9 aromatic rings. The lowest BCUT2D eigenvalue weighted by atomic mass is 9.97. The number of hydrogen-bond acceptors (Lipinski definition) is 5. The first-order valence-corrected chi connectivity index (χ1v) is 16.6. The van der Waals surface area contributed by atoms with Crippen molar-refractivity contribution in [2.75, 3.05) is 0 Å². The number of furan rings is 2. The highest BCUT2D eigenvalue weighted by Gasteiger charge is 2.21. The smallest absolute Gasteiger partial charge is 0.328 e. The molecule has 4 heterocycles. The minimum atomic E-state index is -0.281. The van der Waals surface area contributed by atoms with Crippen LogP contribution in [-0.2, 0) is 14.1 Å². The van der Waals surface area contributed by atoms with Gasteiger partial charge in [-0.05, 0) is 82.9 Å². The quantitative estimate of drug-likeness (QED) is 0.206. The van der Waals surface area contributed by atoms with E-state index in [4.69, 9.17) is 13.8 Å². The lowest BCUT2D eigenvalue weighted by Gasteiger charge is -2.25. The number of nitrogens with one attached hydrogen (secondary N) is 1. The molecular formula is C43H30N4O3. The average molecular weight is 651 g/mol. The number of para-hydroxylation sites is 1. The molecule has 1 aliphatic heterocycles. The minimum Gasteiger partial charge on any atom is -0.456 e. The van der Waals surface area contributed by atoms with Crippen LogP contribution < -0.4 is 11.0 Å². The molecule has 0 fully saturated rings. The summed E-state index contributed by atoms with van der Waals surface area (Å²) in [4.78, 5) is 17.8. The first kappa shape index (κ1) is 28.4. The largest absolute Gasteiger partial charge is 0.456 e. The monoisotopic (exact) mass is 650 g/mol. The van der Waals surface area contributed by atoms with Crippen LogP contribution in [0.4, 0.5) is 0 Å². The van der Waals surface area contributed by atoms with E-state index >= 15 is 0 Å². The first-order chi connectivity index (χ1) is 24.5. The fraction of sp³-hybridized carbons (Fsp3) is 0.0698. The average Bonchev–Trinajstić information content (AvgIpc) is 3.79. The van der Waals surface area contributed by atoms with Crippen molar-refractivity contribution >= 4 is 66.3 Å². The Kier molecular flexibility index (Phi) is 6.08. The molecule has 3 aromatic heterocycles. The summed E-state index contributed by atoms with van der Waals surface area (Å²) in [6, 6.07) is 43.5. The van der Waals surface area contributed by atoms with E-state index < -0.39 is 0 Å². The normalized spacial score (nSPS) is 14.9. The predicted molar refractivity (Wildman–Crippen MR) is 201 cm³/mol. The lowest BCUT2D eigenvalue weighted by molar-refractivity contribution is 0.663. The van der Waals surface area contributed by atoms with Gasteiger partial charge in [0.2, 0.25) is 0 Å². The number of hydrogen-bond donors (Lipinski definition) is 1. The van der Waals surface area contributed by atoms with Gasteiger partial charge in [-0.15, -0.1) is 0 Å². The number of aliphatic imine (C=N–C) groups is 1. The summed E-state index contributed by atoms with van der Waals surface area (Å²) < 4.78 is 16.0. The zero-order valence-corrected chi connectivity index (χ0v) is 27.3. The number of fused-ring (bicyclic) bond motifs is 7. The van der Waals surface area contributed by atoms with Crippen LogP contribution >= 0.6 is 0 Å². The van der Waals surface area contributed by atoms with E-state index in [9.17, 15) is 4.79 Å². The third-order valence-electron chi connectivity index (χ3n) is 10.0. The van der Waals surface area contributed by atoms with Crippen molar-refractivity contribution < 1.29 is 8.83 Å². The zero-order valence-electron chi connectivity index (χ0n) is 27.3. The number of aromatic nitrogens is 2. The Morgan fingerprint density at radius 1 is 0.560 bits per heavy atom. The second-order valence-electron chi connectivity index (χ2n) is 13.0. The molecule has 10 rings (SSSR count). The maximum absolute atomic E-state index is 12.6. The third-order valence-corrected chi connectivity index (χ3v) is 10.0. The number of allylic oxidation sites excluding steroid dienone is 1. The van der Waals surface area contributed by atoms with E-state index in [1.807, 2.05) is 55.6 Å². The van der Waals surface area contributed by atoms with Gasteiger partial charge in [-0.3, -0.25) is 14.1 Å². The van der Waals surface area contributed by atoms with Crippen LogP contribution in [-0.4, -0.2) is 14.8 Å². The van der Waals surface area contributed by atoms with E-state index in [0.717, 1.165) is 94.1 Å². The van der Waals surface area contributed by atoms with Gasteiger partial charge in [-0.2, -0.15) is 0 Å². The van der Waals surface area contributed by atoms with Gasteiger partial charge in [0.25, 0.3) is 0 Å². The molecule has 1 atom stereocenters. The van der Waals surface area contributed by atoms with Gasteiger partial charge in [-0.1, -0.05) is 72.8 Å². The van der Waals surface area contributed by atoms with Crippen LogP contribution in [0.2, 0.25) is 0 Å². The third kappa shape index (κ3) is 4.37. The molecule has 0 saturated carbocycles. The van der Waals surface area contributed by atoms with Crippen molar-refractivity contribution in [2.45, 2.75) is 6.17 Å². The molecule has 0 amide bonds. The Bertz CT molecular complexity index is 2950. The van der Waals surface area contributed by atoms with E-state index in [-0.39, 0.29) is 11.9 Å². The summed E-state index contributed by atoms with van der Waals surface area (Å²) in [5.41, 5.74) is 12.2. The van der Waals surface area contributed by atoms with Gasteiger partial charge < -0.3 is 14.2 Å². The SMILES string of the molecule is Cn1c(=O)n(C)c2cc(-c3cccc(C4=CC(c5ccc6oc7cc8c(cc7c6c5)oc5ccccc58)=NC(c5ccccc5)N4)c3)ccc21. The second-order valence-corrected chi connectivity index (χ2v) is 13.0. The number of imidazole rings is 1. The summed E-state index contributed by atoms with van der Waals surface area (Å²) >= 11 is 0.